The summed E-state index contributed by atoms with van der Waals surface area (Å²) < 4.78 is 1.86. The molecule has 0 bridgehead atoms. The average molecular weight is 461 g/mol. The van der Waals surface area contributed by atoms with Gasteiger partial charge in [0, 0.05) is 31.1 Å². The number of rotatable bonds is 5. The van der Waals surface area contributed by atoms with Crippen molar-refractivity contribution in [2.24, 2.45) is 5.92 Å². The molecule has 0 radical (unpaired) electrons. The van der Waals surface area contributed by atoms with Crippen LogP contribution in [0.5, 0.6) is 0 Å². The van der Waals surface area contributed by atoms with E-state index in [4.69, 9.17) is 17.2 Å². The Morgan fingerprint density at radius 3 is 2.70 bits per heavy atom. The van der Waals surface area contributed by atoms with Gasteiger partial charge in [0.25, 0.3) is 5.56 Å². The fourth-order valence-corrected chi connectivity index (χ4v) is 5.69. The molecule has 172 valence electrons. The summed E-state index contributed by atoms with van der Waals surface area (Å²) in [5.41, 5.74) is 3.03. The summed E-state index contributed by atoms with van der Waals surface area (Å²) in [7, 11) is 0. The topological polar surface area (TPSA) is 59.0 Å². The maximum Gasteiger partial charge on any atom is 0.261 e. The summed E-state index contributed by atoms with van der Waals surface area (Å²) in [5.74, 6) is 2.07. The Balaban J connectivity index is 1.30. The number of nitrogens with one attached hydrogen (secondary N) is 2. The summed E-state index contributed by atoms with van der Waals surface area (Å²) in [5, 5.41) is 7.99. The lowest BCUT2D eigenvalue weighted by Gasteiger charge is -2.25. The Hall–Kier alpha value is -2.73. The molecule has 2 heterocycles. The van der Waals surface area contributed by atoms with E-state index >= 15 is 0 Å². The average Bonchev–Trinajstić information content (AvgIpc) is 3.25. The molecule has 5 nitrogen and oxygen atoms in total. The van der Waals surface area contributed by atoms with E-state index in [2.05, 4.69) is 41.0 Å². The molecule has 0 spiro atoms. The molecule has 1 atom stereocenters. The van der Waals surface area contributed by atoms with E-state index in [-0.39, 0.29) is 5.56 Å². The van der Waals surface area contributed by atoms with Crippen LogP contribution in [0.3, 0.4) is 0 Å². The summed E-state index contributed by atoms with van der Waals surface area (Å²) in [6, 6.07) is 16.6. The van der Waals surface area contributed by atoms with E-state index in [1.165, 1.54) is 31.2 Å². The minimum atomic E-state index is 0.0600. The van der Waals surface area contributed by atoms with Crippen LogP contribution in [0.25, 0.3) is 10.9 Å². The molecule has 0 amide bonds. The van der Waals surface area contributed by atoms with Crippen LogP contribution >= 0.6 is 12.2 Å². The molecule has 1 aliphatic heterocycles. The Kier molecular flexibility index (Phi) is 6.72. The van der Waals surface area contributed by atoms with Gasteiger partial charge in [-0.15, -0.1) is 0 Å². The fraction of sp³-hybridized carbons (Fsp3) is 0.444. The van der Waals surface area contributed by atoms with Crippen molar-refractivity contribution in [3.63, 3.8) is 0 Å². The number of benzene rings is 2. The Morgan fingerprint density at radius 1 is 1.06 bits per heavy atom. The molecule has 1 aliphatic carbocycles. The van der Waals surface area contributed by atoms with Crippen molar-refractivity contribution < 1.29 is 0 Å². The highest BCUT2D eigenvalue weighted by molar-refractivity contribution is 7.80. The molecule has 0 saturated heterocycles. The SMILES string of the molecule is O=c1c2cc(NC(=S)NC[C@H](c3ccccc3)C3CCCC3)ccc2nc2n1CCCCC2. The summed E-state index contributed by atoms with van der Waals surface area (Å²) in [6.45, 7) is 1.57. The number of hydrogen-bond donors (Lipinski definition) is 2. The smallest absolute Gasteiger partial charge is 0.261 e. The standard InChI is InChI=1S/C27H32N4OS/c32-26-22-17-21(14-15-24(22)30-25-13-5-2-8-16-31(25)26)29-27(33)28-18-23(20-11-6-7-12-20)19-9-3-1-4-10-19/h1,3-4,9-10,14-15,17,20,23H,2,5-8,11-13,16,18H2,(H2,28,29,33)/t23-/m1/s1. The van der Waals surface area contributed by atoms with Gasteiger partial charge in [-0.1, -0.05) is 49.6 Å². The zero-order chi connectivity index (χ0) is 22.6. The Bertz CT molecular complexity index is 1180. The molecule has 2 aliphatic rings. The summed E-state index contributed by atoms with van der Waals surface area (Å²) in [4.78, 5) is 17.9. The lowest BCUT2D eigenvalue weighted by atomic mass is 9.85. The van der Waals surface area contributed by atoms with Gasteiger partial charge in [0.1, 0.15) is 5.82 Å². The van der Waals surface area contributed by atoms with Gasteiger partial charge in [-0.25, -0.2) is 4.98 Å². The molecule has 0 unspecified atom stereocenters. The highest BCUT2D eigenvalue weighted by Crippen LogP contribution is 2.37. The molecule has 1 fully saturated rings. The number of nitrogens with zero attached hydrogens (tertiary/aromatic N) is 2. The summed E-state index contributed by atoms with van der Waals surface area (Å²) in [6.07, 6.45) is 9.38. The molecule has 2 aromatic carbocycles. The second kappa shape index (κ2) is 10.0. The third-order valence-electron chi connectivity index (χ3n) is 7.25. The minimum absolute atomic E-state index is 0.0600. The van der Waals surface area contributed by atoms with Crippen molar-refractivity contribution in [1.82, 2.24) is 14.9 Å². The first-order chi connectivity index (χ1) is 16.2. The van der Waals surface area contributed by atoms with Crippen LogP contribution in [0.2, 0.25) is 0 Å². The van der Waals surface area contributed by atoms with Crippen molar-refractivity contribution in [1.29, 1.82) is 0 Å². The monoisotopic (exact) mass is 460 g/mol. The number of aryl methyl sites for hydroxylation is 1. The largest absolute Gasteiger partial charge is 0.362 e. The van der Waals surface area contributed by atoms with Gasteiger partial charge in [0.05, 0.1) is 10.9 Å². The van der Waals surface area contributed by atoms with Crippen LogP contribution in [-0.2, 0) is 13.0 Å². The molecule has 6 heteroatoms. The van der Waals surface area contributed by atoms with E-state index in [0.29, 0.717) is 22.3 Å². The first kappa shape index (κ1) is 22.1. The Labute approximate surface area is 200 Å². The quantitative estimate of drug-likeness (QED) is 0.501. The van der Waals surface area contributed by atoms with Gasteiger partial charge in [-0.05, 0) is 67.6 Å². The normalized spacial score (nSPS) is 17.3. The third-order valence-corrected chi connectivity index (χ3v) is 7.50. The minimum Gasteiger partial charge on any atom is -0.362 e. The molecule has 33 heavy (non-hydrogen) atoms. The third kappa shape index (κ3) is 4.96. The fourth-order valence-electron chi connectivity index (χ4n) is 5.49. The van der Waals surface area contributed by atoms with E-state index in [1.807, 2.05) is 22.8 Å². The van der Waals surface area contributed by atoms with Gasteiger partial charge in [-0.2, -0.15) is 0 Å². The molecular formula is C27H32N4OS. The van der Waals surface area contributed by atoms with Crippen LogP contribution in [0, 0.1) is 5.92 Å². The number of hydrogen-bond acceptors (Lipinski definition) is 3. The van der Waals surface area contributed by atoms with Gasteiger partial charge in [0.2, 0.25) is 0 Å². The van der Waals surface area contributed by atoms with Crippen LogP contribution < -0.4 is 16.2 Å². The molecule has 5 rings (SSSR count). The van der Waals surface area contributed by atoms with Gasteiger partial charge in [-0.3, -0.25) is 9.36 Å². The van der Waals surface area contributed by atoms with E-state index in [9.17, 15) is 4.79 Å². The van der Waals surface area contributed by atoms with Crippen molar-refractivity contribution in [3.05, 3.63) is 70.3 Å². The van der Waals surface area contributed by atoms with E-state index < -0.39 is 0 Å². The van der Waals surface area contributed by atoms with Gasteiger partial charge in [0.15, 0.2) is 5.11 Å². The predicted octanol–water partition coefficient (Wildman–Crippen LogP) is 5.38. The van der Waals surface area contributed by atoms with E-state index in [1.54, 1.807) is 0 Å². The molecule has 3 aromatic rings. The predicted molar refractivity (Wildman–Crippen MR) is 139 cm³/mol. The zero-order valence-electron chi connectivity index (χ0n) is 19.1. The Morgan fingerprint density at radius 2 is 1.88 bits per heavy atom. The highest BCUT2D eigenvalue weighted by Gasteiger charge is 2.26. The number of thiocarbonyl (C=S) groups is 1. The first-order valence-electron chi connectivity index (χ1n) is 12.3. The van der Waals surface area contributed by atoms with Gasteiger partial charge < -0.3 is 10.6 Å². The van der Waals surface area contributed by atoms with Crippen LogP contribution in [0.1, 0.15) is 62.3 Å². The van der Waals surface area contributed by atoms with Crippen LogP contribution in [0.4, 0.5) is 5.69 Å². The summed E-state index contributed by atoms with van der Waals surface area (Å²) >= 11 is 5.63. The first-order valence-corrected chi connectivity index (χ1v) is 12.7. The molecule has 2 N–H and O–H groups in total. The van der Waals surface area contributed by atoms with Gasteiger partial charge >= 0.3 is 0 Å². The molecule has 1 saturated carbocycles. The number of anilines is 1. The second-order valence-electron chi connectivity index (χ2n) is 9.42. The van der Waals surface area contributed by atoms with Crippen molar-refractivity contribution in [2.75, 3.05) is 11.9 Å². The lowest BCUT2D eigenvalue weighted by molar-refractivity contribution is 0.430. The number of fused-ring (bicyclic) bond motifs is 2. The van der Waals surface area contributed by atoms with Crippen LogP contribution in [0.15, 0.2) is 53.3 Å². The van der Waals surface area contributed by atoms with Crippen molar-refractivity contribution >= 4 is 33.9 Å². The lowest BCUT2D eigenvalue weighted by Crippen LogP contribution is -2.34. The maximum atomic E-state index is 13.1. The zero-order valence-corrected chi connectivity index (χ0v) is 19.9. The van der Waals surface area contributed by atoms with Crippen LogP contribution in [-0.4, -0.2) is 21.2 Å². The van der Waals surface area contributed by atoms with E-state index in [0.717, 1.165) is 55.8 Å². The molecule has 1 aromatic heterocycles. The maximum absolute atomic E-state index is 13.1. The van der Waals surface area contributed by atoms with Crippen molar-refractivity contribution in [3.8, 4) is 0 Å². The highest BCUT2D eigenvalue weighted by atomic mass is 32.1. The molecular weight excluding hydrogens is 428 g/mol. The number of aromatic nitrogens is 2. The second-order valence-corrected chi connectivity index (χ2v) is 9.83. The van der Waals surface area contributed by atoms with Crippen molar-refractivity contribution in [2.45, 2.75) is 63.8 Å².